The molecule has 0 saturated carbocycles. The van der Waals surface area contributed by atoms with Gasteiger partial charge in [-0.25, -0.2) is 8.42 Å². The number of benzene rings is 1. The van der Waals surface area contributed by atoms with Crippen LogP contribution in [0.5, 0.6) is 11.8 Å². The number of hydrogen-bond acceptors (Lipinski definition) is 6. The topological polar surface area (TPSA) is 91.2 Å². The van der Waals surface area contributed by atoms with Crippen molar-refractivity contribution < 1.29 is 13.2 Å². The summed E-state index contributed by atoms with van der Waals surface area (Å²) in [6.07, 6.45) is 2.94. The van der Waals surface area contributed by atoms with E-state index in [0.717, 1.165) is 6.42 Å². The highest BCUT2D eigenvalue weighted by Crippen LogP contribution is 2.35. The van der Waals surface area contributed by atoms with Crippen LogP contribution in [-0.4, -0.2) is 28.7 Å². The normalized spacial score (nSPS) is 11.5. The fourth-order valence-electron chi connectivity index (χ4n) is 2.82. The van der Waals surface area contributed by atoms with Crippen LogP contribution in [0.4, 0.5) is 0 Å². The SMILES string of the molecule is CCCCS(=O)(=O)Cc1cc(-c2ccc(=O)n(C)c2)nc(Oc2c(Cl)cccc2Cl)n1. The van der Waals surface area contributed by atoms with Gasteiger partial charge in [0.25, 0.3) is 0 Å². The molecule has 1 aromatic carbocycles. The van der Waals surface area contributed by atoms with E-state index in [-0.39, 0.29) is 44.6 Å². The van der Waals surface area contributed by atoms with Crippen molar-refractivity contribution in [2.75, 3.05) is 5.75 Å². The minimum absolute atomic E-state index is 0.0647. The smallest absolute Gasteiger partial charge is 0.322 e. The predicted octanol–water partition coefficient (Wildman–Crippen LogP) is 4.66. The molecule has 7 nitrogen and oxygen atoms in total. The molecule has 0 bridgehead atoms. The zero-order valence-electron chi connectivity index (χ0n) is 17.0. The Morgan fingerprint density at radius 3 is 2.45 bits per heavy atom. The van der Waals surface area contributed by atoms with E-state index in [9.17, 15) is 13.2 Å². The van der Waals surface area contributed by atoms with E-state index < -0.39 is 9.84 Å². The highest BCUT2D eigenvalue weighted by atomic mass is 35.5. The van der Waals surface area contributed by atoms with Crippen molar-refractivity contribution in [2.24, 2.45) is 7.05 Å². The minimum atomic E-state index is -3.37. The fourth-order valence-corrected chi connectivity index (χ4v) is 4.77. The summed E-state index contributed by atoms with van der Waals surface area (Å²) in [5.74, 6) is -0.0286. The molecular weight excluding hydrogens is 461 g/mol. The van der Waals surface area contributed by atoms with E-state index in [1.165, 1.54) is 10.6 Å². The largest absolute Gasteiger partial charge is 0.421 e. The van der Waals surface area contributed by atoms with Crippen molar-refractivity contribution in [3.8, 4) is 23.0 Å². The first kappa shape index (κ1) is 23.2. The highest BCUT2D eigenvalue weighted by molar-refractivity contribution is 7.90. The Morgan fingerprint density at radius 1 is 1.10 bits per heavy atom. The molecule has 0 N–H and O–H groups in total. The van der Waals surface area contributed by atoms with Gasteiger partial charge in [-0.3, -0.25) is 4.79 Å². The quantitative estimate of drug-likeness (QED) is 0.464. The van der Waals surface area contributed by atoms with Crippen LogP contribution in [0.1, 0.15) is 25.5 Å². The van der Waals surface area contributed by atoms with Crippen molar-refractivity contribution in [3.63, 3.8) is 0 Å². The summed E-state index contributed by atoms with van der Waals surface area (Å²) in [5, 5.41) is 0.529. The number of nitrogens with zero attached hydrogens (tertiary/aromatic N) is 3. The van der Waals surface area contributed by atoms with Crippen molar-refractivity contribution in [1.82, 2.24) is 14.5 Å². The molecule has 0 aliphatic heterocycles. The molecule has 0 unspecified atom stereocenters. The van der Waals surface area contributed by atoms with Crippen LogP contribution >= 0.6 is 23.2 Å². The molecule has 10 heteroatoms. The van der Waals surface area contributed by atoms with Gasteiger partial charge in [-0.1, -0.05) is 42.6 Å². The maximum atomic E-state index is 12.5. The molecule has 0 aliphatic rings. The average molecular weight is 482 g/mol. The van der Waals surface area contributed by atoms with Crippen molar-refractivity contribution in [1.29, 1.82) is 0 Å². The van der Waals surface area contributed by atoms with Crippen molar-refractivity contribution >= 4 is 33.0 Å². The number of pyridine rings is 1. The van der Waals surface area contributed by atoms with Crippen LogP contribution in [0.25, 0.3) is 11.3 Å². The van der Waals surface area contributed by atoms with Gasteiger partial charge in [0.05, 0.1) is 32.9 Å². The Bertz CT molecular complexity index is 1240. The number of unbranched alkanes of at least 4 members (excludes halogenated alkanes) is 1. The molecule has 0 spiro atoms. The van der Waals surface area contributed by atoms with Gasteiger partial charge in [-0.15, -0.1) is 0 Å². The van der Waals surface area contributed by atoms with Gasteiger partial charge in [-0.2, -0.15) is 9.97 Å². The van der Waals surface area contributed by atoms with E-state index >= 15 is 0 Å². The van der Waals surface area contributed by atoms with E-state index in [4.69, 9.17) is 27.9 Å². The van der Waals surface area contributed by atoms with Crippen LogP contribution in [0.2, 0.25) is 10.0 Å². The van der Waals surface area contributed by atoms with Gasteiger partial charge in [0.15, 0.2) is 15.6 Å². The summed E-state index contributed by atoms with van der Waals surface area (Å²) in [6, 6.07) is 9.37. The average Bonchev–Trinajstić information content (AvgIpc) is 2.71. The van der Waals surface area contributed by atoms with E-state index in [0.29, 0.717) is 17.7 Å². The van der Waals surface area contributed by atoms with Crippen molar-refractivity contribution in [3.05, 3.63) is 68.7 Å². The first-order chi connectivity index (χ1) is 14.7. The van der Waals surface area contributed by atoms with Gasteiger partial charge in [0, 0.05) is 24.9 Å². The van der Waals surface area contributed by atoms with Crippen LogP contribution in [0.3, 0.4) is 0 Å². The Kier molecular flexibility index (Phi) is 7.35. The second-order valence-corrected chi connectivity index (χ2v) is 9.99. The standard InChI is InChI=1S/C21H21Cl2N3O4S/c1-3-4-10-31(28,29)13-15-11-18(14-8-9-19(27)26(2)12-14)25-21(24-15)30-20-16(22)6-5-7-17(20)23/h5-9,11-12H,3-4,10,13H2,1-2H3. The Labute approximate surface area is 190 Å². The first-order valence-electron chi connectivity index (χ1n) is 9.56. The molecule has 2 aromatic heterocycles. The number of hydrogen-bond donors (Lipinski definition) is 0. The number of sulfone groups is 1. The van der Waals surface area contributed by atoms with Gasteiger partial charge in [-0.05, 0) is 30.7 Å². The third-order valence-electron chi connectivity index (χ3n) is 4.43. The summed E-state index contributed by atoms with van der Waals surface area (Å²) in [5.41, 5.74) is 1.10. The Hall–Kier alpha value is -2.42. The minimum Gasteiger partial charge on any atom is -0.421 e. The van der Waals surface area contributed by atoms with E-state index in [1.807, 2.05) is 6.92 Å². The van der Waals surface area contributed by atoms with Crippen LogP contribution in [-0.2, 0) is 22.6 Å². The summed E-state index contributed by atoms with van der Waals surface area (Å²) in [4.78, 5) is 20.4. The molecule has 164 valence electrons. The monoisotopic (exact) mass is 481 g/mol. The fraction of sp³-hybridized carbons (Fsp3) is 0.286. The Balaban J connectivity index is 2.07. The number of para-hydroxylation sites is 1. The van der Waals surface area contributed by atoms with Crippen LogP contribution in [0, 0.1) is 0 Å². The second-order valence-electron chi connectivity index (χ2n) is 6.99. The van der Waals surface area contributed by atoms with Crippen LogP contribution < -0.4 is 10.3 Å². The number of rotatable bonds is 8. The van der Waals surface area contributed by atoms with E-state index in [2.05, 4.69) is 9.97 Å². The van der Waals surface area contributed by atoms with E-state index in [1.54, 1.807) is 43.6 Å². The third kappa shape index (κ3) is 6.06. The second kappa shape index (κ2) is 9.80. The zero-order valence-corrected chi connectivity index (χ0v) is 19.3. The summed E-state index contributed by atoms with van der Waals surface area (Å²) in [6.45, 7) is 1.93. The number of halogens is 2. The maximum absolute atomic E-state index is 12.5. The predicted molar refractivity (Wildman–Crippen MR) is 122 cm³/mol. The van der Waals surface area contributed by atoms with Gasteiger partial charge in [0.2, 0.25) is 5.56 Å². The molecule has 2 heterocycles. The lowest BCUT2D eigenvalue weighted by molar-refractivity contribution is 0.441. The lowest BCUT2D eigenvalue weighted by Crippen LogP contribution is -2.14. The molecular formula is C21H21Cl2N3O4S. The Morgan fingerprint density at radius 2 is 1.81 bits per heavy atom. The molecule has 0 aliphatic carbocycles. The van der Waals surface area contributed by atoms with Crippen molar-refractivity contribution in [2.45, 2.75) is 25.5 Å². The molecule has 0 saturated heterocycles. The highest BCUT2D eigenvalue weighted by Gasteiger charge is 2.18. The summed E-state index contributed by atoms with van der Waals surface area (Å²) >= 11 is 12.4. The van der Waals surface area contributed by atoms with Gasteiger partial charge in [0.1, 0.15) is 0 Å². The lowest BCUT2D eigenvalue weighted by atomic mass is 10.2. The third-order valence-corrected chi connectivity index (χ3v) is 6.67. The number of aromatic nitrogens is 3. The maximum Gasteiger partial charge on any atom is 0.322 e. The van der Waals surface area contributed by atoms with Gasteiger partial charge >= 0.3 is 6.01 Å². The van der Waals surface area contributed by atoms with Gasteiger partial charge < -0.3 is 9.30 Å². The summed E-state index contributed by atoms with van der Waals surface area (Å²) < 4.78 is 32.1. The number of ether oxygens (including phenoxy) is 1. The molecule has 0 radical (unpaired) electrons. The molecule has 0 atom stereocenters. The molecule has 0 fully saturated rings. The number of aryl methyl sites for hydroxylation is 1. The lowest BCUT2D eigenvalue weighted by Gasteiger charge is -2.12. The van der Waals surface area contributed by atoms with Crippen LogP contribution in [0.15, 0.2) is 47.4 Å². The zero-order chi connectivity index (χ0) is 22.6. The summed E-state index contributed by atoms with van der Waals surface area (Å²) in [7, 11) is -1.75. The molecule has 3 aromatic rings. The molecule has 0 amide bonds. The first-order valence-corrected chi connectivity index (χ1v) is 12.1. The molecule has 3 rings (SSSR count). The molecule has 31 heavy (non-hydrogen) atoms.